The summed E-state index contributed by atoms with van der Waals surface area (Å²) in [4.78, 5) is 11.0. The van der Waals surface area contributed by atoms with E-state index in [0.29, 0.717) is 6.54 Å². The lowest BCUT2D eigenvalue weighted by atomic mass is 10.0. The van der Waals surface area contributed by atoms with Crippen molar-refractivity contribution in [3.05, 3.63) is 96.1 Å². The molecule has 0 unspecified atom stereocenters. The van der Waals surface area contributed by atoms with Gasteiger partial charge in [-0.3, -0.25) is 0 Å². The Morgan fingerprint density at radius 1 is 0.815 bits per heavy atom. The van der Waals surface area contributed by atoms with Gasteiger partial charge in [0.05, 0.1) is 17.8 Å². The molecule has 0 atom stereocenters. The molecule has 0 radical (unpaired) electrons. The minimum atomic E-state index is -0.932. The molecule has 3 aromatic carbocycles. The first kappa shape index (κ1) is 16.7. The minimum Gasteiger partial charge on any atom is -0.478 e. The predicted molar refractivity (Wildman–Crippen MR) is 103 cm³/mol. The molecule has 132 valence electrons. The second-order valence-corrected chi connectivity index (χ2v) is 6.18. The van der Waals surface area contributed by atoms with E-state index in [2.05, 4.69) is 10.3 Å². The Balaban J connectivity index is 1.77. The zero-order chi connectivity index (χ0) is 18.6. The molecule has 0 aliphatic carbocycles. The molecule has 5 nitrogen and oxygen atoms in total. The molecule has 1 aromatic heterocycles. The molecule has 0 saturated heterocycles. The van der Waals surface area contributed by atoms with Gasteiger partial charge in [-0.2, -0.15) is 0 Å². The standard InChI is InChI=1S/C22H17N3O2/c26-22(27)19-13-11-16(12-14-19)15-25-21(18-9-5-2-6-10-18)20(23-24-25)17-7-3-1-4-8-17/h1-14H,15H2,(H,26,27). The van der Waals surface area contributed by atoms with Crippen molar-refractivity contribution in [2.45, 2.75) is 6.54 Å². The van der Waals surface area contributed by atoms with Gasteiger partial charge in [-0.15, -0.1) is 5.10 Å². The number of hydrogen-bond donors (Lipinski definition) is 1. The molecule has 4 rings (SSSR count). The van der Waals surface area contributed by atoms with Gasteiger partial charge in [0.1, 0.15) is 5.69 Å². The maximum Gasteiger partial charge on any atom is 0.335 e. The number of hydrogen-bond acceptors (Lipinski definition) is 3. The van der Waals surface area contributed by atoms with E-state index in [9.17, 15) is 4.79 Å². The van der Waals surface area contributed by atoms with Gasteiger partial charge in [0.25, 0.3) is 0 Å². The fourth-order valence-electron chi connectivity index (χ4n) is 3.02. The van der Waals surface area contributed by atoms with Gasteiger partial charge in [0.2, 0.25) is 0 Å². The molecule has 0 aliphatic heterocycles. The molecule has 1 N–H and O–H groups in total. The van der Waals surface area contributed by atoms with Crippen LogP contribution in [0.25, 0.3) is 22.5 Å². The Kier molecular flexibility index (Phi) is 4.49. The second-order valence-electron chi connectivity index (χ2n) is 6.18. The largest absolute Gasteiger partial charge is 0.478 e. The number of rotatable bonds is 5. The minimum absolute atomic E-state index is 0.269. The number of benzene rings is 3. The summed E-state index contributed by atoms with van der Waals surface area (Å²) < 4.78 is 1.85. The molecule has 0 amide bonds. The van der Waals surface area contributed by atoms with Crippen molar-refractivity contribution in [2.24, 2.45) is 0 Å². The molecule has 0 spiro atoms. The smallest absolute Gasteiger partial charge is 0.335 e. The number of carboxylic acid groups (broad SMARTS) is 1. The van der Waals surface area contributed by atoms with E-state index in [-0.39, 0.29) is 5.56 Å². The highest BCUT2D eigenvalue weighted by molar-refractivity contribution is 5.87. The highest BCUT2D eigenvalue weighted by Crippen LogP contribution is 2.30. The third-order valence-corrected chi connectivity index (χ3v) is 4.36. The van der Waals surface area contributed by atoms with Crippen LogP contribution in [-0.4, -0.2) is 26.1 Å². The van der Waals surface area contributed by atoms with Gasteiger partial charge in [0, 0.05) is 11.1 Å². The van der Waals surface area contributed by atoms with Gasteiger partial charge >= 0.3 is 5.97 Å². The summed E-state index contributed by atoms with van der Waals surface area (Å²) in [7, 11) is 0. The SMILES string of the molecule is O=C(O)c1ccc(Cn2nnc(-c3ccccc3)c2-c2ccccc2)cc1. The van der Waals surface area contributed by atoms with Gasteiger partial charge in [-0.1, -0.05) is 78.0 Å². The molecule has 4 aromatic rings. The molecule has 0 aliphatic rings. The lowest BCUT2D eigenvalue weighted by Gasteiger charge is -2.09. The summed E-state index contributed by atoms with van der Waals surface area (Å²) in [5.74, 6) is -0.932. The van der Waals surface area contributed by atoms with Crippen LogP contribution >= 0.6 is 0 Å². The van der Waals surface area contributed by atoms with Crippen LogP contribution in [0.15, 0.2) is 84.9 Å². The maximum absolute atomic E-state index is 11.0. The summed E-state index contributed by atoms with van der Waals surface area (Å²) in [5.41, 5.74) is 5.02. The molecule has 0 bridgehead atoms. The van der Waals surface area contributed by atoms with Crippen molar-refractivity contribution in [3.63, 3.8) is 0 Å². The van der Waals surface area contributed by atoms with Crippen LogP contribution in [0.1, 0.15) is 15.9 Å². The summed E-state index contributed by atoms with van der Waals surface area (Å²) in [6.07, 6.45) is 0. The molecule has 5 heteroatoms. The van der Waals surface area contributed by atoms with Crippen LogP contribution in [0, 0.1) is 0 Å². The Morgan fingerprint density at radius 3 is 2.00 bits per heavy atom. The average molecular weight is 355 g/mol. The average Bonchev–Trinajstić information content (AvgIpc) is 3.13. The highest BCUT2D eigenvalue weighted by atomic mass is 16.4. The number of nitrogens with zero attached hydrogens (tertiary/aromatic N) is 3. The first-order valence-electron chi connectivity index (χ1n) is 8.59. The number of aromatic carboxylic acids is 1. The van der Waals surface area contributed by atoms with E-state index in [1.807, 2.05) is 77.5 Å². The van der Waals surface area contributed by atoms with Crippen LogP contribution in [-0.2, 0) is 6.54 Å². The third-order valence-electron chi connectivity index (χ3n) is 4.36. The number of carboxylic acids is 1. The Bertz CT molecular complexity index is 1060. The first-order valence-corrected chi connectivity index (χ1v) is 8.59. The second kappa shape index (κ2) is 7.25. The maximum atomic E-state index is 11.0. The fraction of sp³-hybridized carbons (Fsp3) is 0.0455. The first-order chi connectivity index (χ1) is 13.2. The van der Waals surface area contributed by atoms with Crippen molar-refractivity contribution in [1.82, 2.24) is 15.0 Å². The number of carbonyl (C=O) groups is 1. The van der Waals surface area contributed by atoms with Crippen LogP contribution in [0.3, 0.4) is 0 Å². The van der Waals surface area contributed by atoms with Gasteiger partial charge < -0.3 is 5.11 Å². The molecule has 1 heterocycles. The zero-order valence-electron chi connectivity index (χ0n) is 14.5. The molecule has 0 saturated carbocycles. The Hall–Kier alpha value is -3.73. The van der Waals surface area contributed by atoms with Crippen molar-refractivity contribution in [1.29, 1.82) is 0 Å². The van der Waals surface area contributed by atoms with Crippen molar-refractivity contribution in [2.75, 3.05) is 0 Å². The van der Waals surface area contributed by atoms with Crippen LogP contribution in [0.4, 0.5) is 0 Å². The van der Waals surface area contributed by atoms with Crippen LogP contribution in [0.2, 0.25) is 0 Å². The molecular weight excluding hydrogens is 338 g/mol. The van der Waals surface area contributed by atoms with E-state index in [1.165, 1.54) is 0 Å². The van der Waals surface area contributed by atoms with Gasteiger partial charge in [-0.25, -0.2) is 9.48 Å². The molecule has 27 heavy (non-hydrogen) atoms. The van der Waals surface area contributed by atoms with Crippen LogP contribution in [0.5, 0.6) is 0 Å². The summed E-state index contributed by atoms with van der Waals surface area (Å²) >= 11 is 0. The summed E-state index contributed by atoms with van der Waals surface area (Å²) in [6.45, 7) is 0.504. The van der Waals surface area contributed by atoms with Crippen molar-refractivity contribution < 1.29 is 9.90 Å². The monoisotopic (exact) mass is 355 g/mol. The van der Waals surface area contributed by atoms with Gasteiger partial charge in [0.15, 0.2) is 0 Å². The molecular formula is C22H17N3O2. The fourth-order valence-corrected chi connectivity index (χ4v) is 3.02. The van der Waals surface area contributed by atoms with E-state index >= 15 is 0 Å². The van der Waals surface area contributed by atoms with E-state index in [4.69, 9.17) is 5.11 Å². The lowest BCUT2D eigenvalue weighted by molar-refractivity contribution is 0.0697. The topological polar surface area (TPSA) is 68.0 Å². The lowest BCUT2D eigenvalue weighted by Crippen LogP contribution is -2.05. The predicted octanol–water partition coefficient (Wildman–Crippen LogP) is 4.36. The van der Waals surface area contributed by atoms with E-state index in [0.717, 1.165) is 28.1 Å². The van der Waals surface area contributed by atoms with E-state index in [1.54, 1.807) is 12.1 Å². The third kappa shape index (κ3) is 3.48. The van der Waals surface area contributed by atoms with Crippen molar-refractivity contribution >= 4 is 5.97 Å². The quantitative estimate of drug-likeness (QED) is 0.578. The molecule has 0 fully saturated rings. The summed E-state index contributed by atoms with van der Waals surface area (Å²) in [6, 6.07) is 26.8. The van der Waals surface area contributed by atoms with Crippen LogP contribution < -0.4 is 0 Å². The normalized spacial score (nSPS) is 10.7. The zero-order valence-corrected chi connectivity index (χ0v) is 14.5. The number of aromatic nitrogens is 3. The Labute approximate surface area is 156 Å². The highest BCUT2D eigenvalue weighted by Gasteiger charge is 2.16. The summed E-state index contributed by atoms with van der Waals surface area (Å²) in [5, 5.41) is 17.9. The van der Waals surface area contributed by atoms with Gasteiger partial charge in [-0.05, 0) is 17.7 Å². The Morgan fingerprint density at radius 2 is 1.41 bits per heavy atom. The van der Waals surface area contributed by atoms with E-state index < -0.39 is 5.97 Å². The van der Waals surface area contributed by atoms with Crippen molar-refractivity contribution in [3.8, 4) is 22.5 Å².